The molecule has 7 rings (SSSR count). The van der Waals surface area contributed by atoms with Crippen LogP contribution in [-0.4, -0.2) is 89.5 Å². The summed E-state index contributed by atoms with van der Waals surface area (Å²) in [7, 11) is -5.36. The Hall–Kier alpha value is -2.71. The molecule has 304 valence electrons. The van der Waals surface area contributed by atoms with Crippen molar-refractivity contribution in [1.82, 2.24) is 5.32 Å². The van der Waals surface area contributed by atoms with E-state index in [1.165, 1.54) is 10.4 Å². The number of nitrogens with zero attached hydrogens (tertiary/aromatic N) is 3. The molecule has 8 nitrogen and oxygen atoms in total. The number of hydrogen-bond acceptors (Lipinski definition) is 6. The molecule has 13 heteroatoms. The van der Waals surface area contributed by atoms with Crippen molar-refractivity contribution >= 4 is 72.2 Å². The first-order valence-electron chi connectivity index (χ1n) is 19.7. The van der Waals surface area contributed by atoms with Gasteiger partial charge < -0.3 is 23.6 Å². The number of halogens is 3. The standard InChI is InChI=1S/C22H27Cl2N3O2Si.C22H28ClNO2Si/c1-22(2,3)30(16-10-6-4-7-11-16,17-12-8-5-9-13-17)29-19-15-28-21(18(24)14-23)20(19)26-27-25;1-22(2,3)27(16-10-6-4-7-11-16,17-12-8-5-9-13-17)26-19-15-25-21-18(23)14-24-20(19)21/h4-13,18-21H,14-15H2,1-3H3;4-13,18-21,24H,14-15H2,1-3H3/t2*18-,19+,20-,21-/m11/s1. The van der Waals surface area contributed by atoms with Gasteiger partial charge in [-0.3, -0.25) is 0 Å². The van der Waals surface area contributed by atoms with Gasteiger partial charge in [-0.05, 0) is 36.4 Å². The van der Waals surface area contributed by atoms with Crippen LogP contribution in [0.25, 0.3) is 10.4 Å². The minimum Gasteiger partial charge on any atom is -0.402 e. The highest BCUT2D eigenvalue weighted by molar-refractivity contribution is 7.00. The molecule has 0 saturated carbocycles. The van der Waals surface area contributed by atoms with Crippen molar-refractivity contribution in [2.75, 3.05) is 25.6 Å². The Morgan fingerprint density at radius 2 is 1.12 bits per heavy atom. The Balaban J connectivity index is 0.000000194. The van der Waals surface area contributed by atoms with Crippen LogP contribution in [0.15, 0.2) is 126 Å². The number of hydrogen-bond donors (Lipinski definition) is 1. The predicted octanol–water partition coefficient (Wildman–Crippen LogP) is 7.77. The minimum atomic E-state index is -2.80. The van der Waals surface area contributed by atoms with E-state index in [2.05, 4.69) is 142 Å². The Morgan fingerprint density at radius 3 is 1.51 bits per heavy atom. The molecule has 3 fully saturated rings. The Labute approximate surface area is 355 Å². The quantitative estimate of drug-likeness (QED) is 0.0547. The molecule has 3 saturated heterocycles. The lowest BCUT2D eigenvalue weighted by Gasteiger charge is -2.45. The van der Waals surface area contributed by atoms with E-state index < -0.39 is 40.3 Å². The van der Waals surface area contributed by atoms with Crippen LogP contribution in [0.1, 0.15) is 41.5 Å². The third kappa shape index (κ3) is 8.93. The van der Waals surface area contributed by atoms with Crippen LogP contribution in [0.4, 0.5) is 0 Å². The van der Waals surface area contributed by atoms with Gasteiger partial charge in [0.25, 0.3) is 16.6 Å². The molecular weight excluding hydrogens is 811 g/mol. The maximum absolute atomic E-state index is 9.19. The van der Waals surface area contributed by atoms with E-state index in [-0.39, 0.29) is 39.6 Å². The number of alkyl halides is 3. The zero-order chi connectivity index (χ0) is 40.8. The molecule has 0 aliphatic carbocycles. The van der Waals surface area contributed by atoms with Gasteiger partial charge in [-0.15, -0.1) is 34.8 Å². The van der Waals surface area contributed by atoms with E-state index >= 15 is 0 Å². The van der Waals surface area contributed by atoms with Gasteiger partial charge in [-0.2, -0.15) is 0 Å². The average Bonchev–Trinajstić information content (AvgIpc) is 3.92. The summed E-state index contributed by atoms with van der Waals surface area (Å²) in [6, 6.07) is 41.8. The van der Waals surface area contributed by atoms with E-state index in [1.807, 2.05) is 36.4 Å². The number of azide groups is 1. The van der Waals surface area contributed by atoms with Crippen LogP contribution in [0, 0.1) is 0 Å². The fraction of sp³-hybridized carbons (Fsp3) is 0.455. The molecule has 3 aliphatic rings. The van der Waals surface area contributed by atoms with Crippen molar-refractivity contribution in [3.8, 4) is 0 Å². The maximum atomic E-state index is 9.19. The van der Waals surface area contributed by atoms with Crippen LogP contribution >= 0.6 is 34.8 Å². The first-order valence-corrected chi connectivity index (χ1v) is 24.9. The average molecular weight is 866 g/mol. The first kappa shape index (κ1) is 43.9. The van der Waals surface area contributed by atoms with E-state index in [9.17, 15) is 5.53 Å². The second kappa shape index (κ2) is 18.7. The topological polar surface area (TPSA) is 97.7 Å². The first-order chi connectivity index (χ1) is 27.3. The number of fused-ring (bicyclic) bond motifs is 1. The van der Waals surface area contributed by atoms with Gasteiger partial charge in [0, 0.05) is 17.3 Å². The van der Waals surface area contributed by atoms with Crippen molar-refractivity contribution in [2.45, 2.75) is 98.9 Å². The molecule has 8 atom stereocenters. The minimum absolute atomic E-state index is 0.00468. The number of rotatable bonds is 11. The molecule has 57 heavy (non-hydrogen) atoms. The summed E-state index contributed by atoms with van der Waals surface area (Å²) in [5.41, 5.74) is 9.19. The van der Waals surface area contributed by atoms with Crippen LogP contribution in [0.3, 0.4) is 0 Å². The zero-order valence-electron chi connectivity index (χ0n) is 33.6. The fourth-order valence-corrected chi connectivity index (χ4v) is 18.9. The van der Waals surface area contributed by atoms with Crippen LogP contribution in [0.5, 0.6) is 0 Å². The molecule has 0 spiro atoms. The van der Waals surface area contributed by atoms with Crippen LogP contribution in [0.2, 0.25) is 10.1 Å². The summed E-state index contributed by atoms with van der Waals surface area (Å²) in [5, 5.41) is 11.8. The number of benzene rings is 4. The molecule has 3 aliphatic heterocycles. The van der Waals surface area contributed by atoms with Gasteiger partial charge in [0.2, 0.25) is 0 Å². The second-order valence-corrected chi connectivity index (χ2v) is 27.0. The third-order valence-electron chi connectivity index (χ3n) is 11.5. The van der Waals surface area contributed by atoms with Gasteiger partial charge in [0.15, 0.2) is 0 Å². The van der Waals surface area contributed by atoms with Crippen molar-refractivity contribution in [3.63, 3.8) is 0 Å². The molecule has 4 aromatic rings. The van der Waals surface area contributed by atoms with E-state index in [1.54, 1.807) is 0 Å². The molecule has 1 N–H and O–H groups in total. The lowest BCUT2D eigenvalue weighted by atomic mass is 10.1. The molecule has 0 amide bonds. The monoisotopic (exact) mass is 864 g/mol. The summed E-state index contributed by atoms with van der Waals surface area (Å²) in [6.45, 7) is 15.2. The van der Waals surface area contributed by atoms with Crippen molar-refractivity contribution < 1.29 is 18.3 Å². The molecular formula is C44H55Cl3N4O4Si2. The third-order valence-corrected chi connectivity index (χ3v) is 22.9. The van der Waals surface area contributed by atoms with E-state index in [0.717, 1.165) is 16.9 Å². The Morgan fingerprint density at radius 1 is 0.719 bits per heavy atom. The van der Waals surface area contributed by atoms with Gasteiger partial charge in [0.1, 0.15) is 0 Å². The summed E-state index contributed by atoms with van der Waals surface area (Å²) >= 11 is 18.8. The zero-order valence-corrected chi connectivity index (χ0v) is 37.9. The van der Waals surface area contributed by atoms with Crippen molar-refractivity contribution in [2.24, 2.45) is 5.11 Å². The maximum Gasteiger partial charge on any atom is 0.261 e. The van der Waals surface area contributed by atoms with Crippen LogP contribution in [-0.2, 0) is 18.3 Å². The van der Waals surface area contributed by atoms with Gasteiger partial charge >= 0.3 is 0 Å². The molecule has 0 bridgehead atoms. The lowest BCUT2D eigenvalue weighted by molar-refractivity contribution is 0.0913. The highest BCUT2D eigenvalue weighted by Crippen LogP contribution is 2.41. The highest BCUT2D eigenvalue weighted by atomic mass is 35.5. The lowest BCUT2D eigenvalue weighted by Crippen LogP contribution is -2.68. The van der Waals surface area contributed by atoms with E-state index in [0.29, 0.717) is 13.2 Å². The number of nitrogens with one attached hydrogen (secondary N) is 1. The number of ether oxygens (including phenoxy) is 2. The largest absolute Gasteiger partial charge is 0.402 e. The molecule has 4 aromatic carbocycles. The van der Waals surface area contributed by atoms with Gasteiger partial charge in [-0.1, -0.05) is 168 Å². The SMILES string of the molecule is CC(C)(C)[Si](O[C@H]1CO[C@H]([C@H](Cl)CCl)[C@@H]1N=[N+]=[N-])(c1ccccc1)c1ccccc1.CC(C)(C)[Si](O[C@H]1CO[C@H]2[C@@H]1NC[C@H]2Cl)(c1ccccc1)c1ccccc1. The van der Waals surface area contributed by atoms with Gasteiger partial charge in [-0.25, -0.2) is 0 Å². The summed E-state index contributed by atoms with van der Waals surface area (Å²) in [4.78, 5) is 3.05. The summed E-state index contributed by atoms with van der Waals surface area (Å²) in [6.07, 6.45) is -0.857. The summed E-state index contributed by atoms with van der Waals surface area (Å²) in [5.74, 6) is 0.204. The van der Waals surface area contributed by atoms with Crippen molar-refractivity contribution in [1.29, 1.82) is 0 Å². The van der Waals surface area contributed by atoms with E-state index in [4.69, 9.17) is 53.1 Å². The molecule has 3 heterocycles. The molecule has 0 radical (unpaired) electrons. The fourth-order valence-electron chi connectivity index (χ4n) is 8.83. The summed E-state index contributed by atoms with van der Waals surface area (Å²) < 4.78 is 26.2. The smallest absolute Gasteiger partial charge is 0.261 e. The van der Waals surface area contributed by atoms with Gasteiger partial charge in [0.05, 0.1) is 60.5 Å². The molecule has 0 aromatic heterocycles. The molecule has 0 unspecified atom stereocenters. The van der Waals surface area contributed by atoms with Crippen LogP contribution < -0.4 is 26.1 Å². The van der Waals surface area contributed by atoms with Crippen molar-refractivity contribution in [3.05, 3.63) is 132 Å². The Bertz CT molecular complexity index is 1840. The highest BCUT2D eigenvalue weighted by Gasteiger charge is 2.56. The normalized spacial score (nSPS) is 25.5. The Kier molecular flexibility index (Phi) is 14.4. The second-order valence-electron chi connectivity index (χ2n) is 17.1. The predicted molar refractivity (Wildman–Crippen MR) is 239 cm³/mol.